The Bertz CT molecular complexity index is 342. The van der Waals surface area contributed by atoms with E-state index >= 15 is 0 Å². The molecular weight excluding hydrogens is 250 g/mol. The van der Waals surface area contributed by atoms with Crippen molar-refractivity contribution in [3.8, 4) is 0 Å². The summed E-state index contributed by atoms with van der Waals surface area (Å²) in [6.45, 7) is 4.70. The van der Waals surface area contributed by atoms with Crippen molar-refractivity contribution < 1.29 is 0 Å². The van der Waals surface area contributed by atoms with E-state index in [0.29, 0.717) is 17.4 Å². The van der Waals surface area contributed by atoms with E-state index in [0.717, 1.165) is 4.47 Å². The number of hydrogen-bond donors (Lipinski definition) is 1. The minimum Gasteiger partial charge on any atom is -0.316 e. The number of benzene rings is 1. The molecule has 82 valence electrons. The van der Waals surface area contributed by atoms with Crippen molar-refractivity contribution in [2.75, 3.05) is 7.05 Å². The van der Waals surface area contributed by atoms with E-state index in [-0.39, 0.29) is 0 Å². The number of rotatable bonds is 2. The van der Waals surface area contributed by atoms with Gasteiger partial charge in [0.1, 0.15) is 0 Å². The predicted molar refractivity (Wildman–Crippen MR) is 68.1 cm³/mol. The fourth-order valence-electron chi connectivity index (χ4n) is 2.68. The van der Waals surface area contributed by atoms with Crippen molar-refractivity contribution in [1.82, 2.24) is 5.32 Å². The van der Waals surface area contributed by atoms with Crippen LogP contribution in [-0.2, 0) is 0 Å². The molecule has 2 atom stereocenters. The minimum absolute atomic E-state index is 0.378. The van der Waals surface area contributed by atoms with Gasteiger partial charge in [-0.1, -0.05) is 41.9 Å². The van der Waals surface area contributed by atoms with Gasteiger partial charge in [0.05, 0.1) is 0 Å². The molecule has 0 radical (unpaired) electrons. The summed E-state index contributed by atoms with van der Waals surface area (Å²) in [6.07, 6.45) is 1.26. The topological polar surface area (TPSA) is 12.0 Å². The zero-order valence-electron chi connectivity index (χ0n) is 9.55. The normalized spacial score (nSPS) is 28.5. The van der Waals surface area contributed by atoms with Crippen LogP contribution in [-0.4, -0.2) is 13.1 Å². The molecule has 1 aromatic rings. The molecule has 1 aromatic carbocycles. The number of nitrogens with one attached hydrogen (secondary N) is 1. The largest absolute Gasteiger partial charge is 0.316 e. The van der Waals surface area contributed by atoms with Crippen LogP contribution in [0.5, 0.6) is 0 Å². The quantitative estimate of drug-likeness (QED) is 0.865. The first kappa shape index (κ1) is 11.2. The molecule has 0 heterocycles. The van der Waals surface area contributed by atoms with Gasteiger partial charge in [-0.25, -0.2) is 0 Å². The van der Waals surface area contributed by atoms with Crippen molar-refractivity contribution >= 4 is 15.9 Å². The molecule has 0 spiro atoms. The Balaban J connectivity index is 2.17. The van der Waals surface area contributed by atoms with Crippen LogP contribution < -0.4 is 5.32 Å². The molecule has 1 saturated carbocycles. The summed E-state index contributed by atoms with van der Waals surface area (Å²) in [5.41, 5.74) is 1.84. The second kappa shape index (κ2) is 3.91. The van der Waals surface area contributed by atoms with E-state index in [2.05, 4.69) is 66.4 Å². The van der Waals surface area contributed by atoms with Crippen molar-refractivity contribution in [1.29, 1.82) is 0 Å². The maximum absolute atomic E-state index is 3.48. The summed E-state index contributed by atoms with van der Waals surface area (Å²) in [7, 11) is 2.06. The minimum atomic E-state index is 0.378. The summed E-state index contributed by atoms with van der Waals surface area (Å²) < 4.78 is 1.16. The molecule has 0 bridgehead atoms. The van der Waals surface area contributed by atoms with Crippen LogP contribution in [0.4, 0.5) is 0 Å². The van der Waals surface area contributed by atoms with Crippen LogP contribution in [0.3, 0.4) is 0 Å². The van der Waals surface area contributed by atoms with Crippen LogP contribution in [0.15, 0.2) is 28.7 Å². The second-order valence-electron chi connectivity index (χ2n) is 5.00. The van der Waals surface area contributed by atoms with Gasteiger partial charge in [0.15, 0.2) is 0 Å². The Morgan fingerprint density at radius 3 is 2.33 bits per heavy atom. The molecule has 15 heavy (non-hydrogen) atoms. The summed E-state index contributed by atoms with van der Waals surface area (Å²) in [5, 5.41) is 3.39. The Kier molecular flexibility index (Phi) is 2.91. The molecule has 1 aliphatic rings. The zero-order valence-corrected chi connectivity index (χ0v) is 11.1. The lowest BCUT2D eigenvalue weighted by atomic mass is 9.56. The molecule has 1 aliphatic carbocycles. The summed E-state index contributed by atoms with van der Waals surface area (Å²) in [4.78, 5) is 0. The van der Waals surface area contributed by atoms with Gasteiger partial charge in [-0.15, -0.1) is 0 Å². The van der Waals surface area contributed by atoms with Crippen molar-refractivity contribution in [2.45, 2.75) is 32.2 Å². The molecule has 0 aliphatic heterocycles. The third-order valence-electron chi connectivity index (χ3n) is 3.89. The van der Waals surface area contributed by atoms with E-state index in [1.807, 2.05) is 0 Å². The van der Waals surface area contributed by atoms with Crippen LogP contribution >= 0.6 is 15.9 Å². The van der Waals surface area contributed by atoms with Gasteiger partial charge in [-0.05, 0) is 42.5 Å². The number of hydrogen-bond acceptors (Lipinski definition) is 1. The fraction of sp³-hybridized carbons (Fsp3) is 0.538. The average molecular weight is 268 g/mol. The highest BCUT2D eigenvalue weighted by atomic mass is 79.9. The van der Waals surface area contributed by atoms with Crippen LogP contribution in [0.2, 0.25) is 0 Å². The zero-order chi connectivity index (χ0) is 11.1. The Morgan fingerprint density at radius 1 is 1.27 bits per heavy atom. The van der Waals surface area contributed by atoms with E-state index < -0.39 is 0 Å². The maximum atomic E-state index is 3.48. The lowest BCUT2D eigenvalue weighted by Crippen LogP contribution is -2.54. The smallest absolute Gasteiger partial charge is 0.0175 e. The summed E-state index contributed by atoms with van der Waals surface area (Å²) >= 11 is 3.48. The molecule has 0 amide bonds. The molecule has 1 N–H and O–H groups in total. The lowest BCUT2D eigenvalue weighted by Gasteiger charge is -2.52. The molecule has 1 fully saturated rings. The van der Waals surface area contributed by atoms with E-state index in [9.17, 15) is 0 Å². The van der Waals surface area contributed by atoms with E-state index in [1.165, 1.54) is 12.0 Å². The highest BCUT2D eigenvalue weighted by Gasteiger charge is 2.47. The van der Waals surface area contributed by atoms with Crippen molar-refractivity contribution in [2.24, 2.45) is 5.41 Å². The number of halogens is 1. The first-order chi connectivity index (χ1) is 7.05. The predicted octanol–water partition coefficient (Wildman–Crippen LogP) is 3.55. The van der Waals surface area contributed by atoms with E-state index in [1.54, 1.807) is 0 Å². The third kappa shape index (κ3) is 1.85. The molecule has 1 nitrogen and oxygen atoms in total. The summed E-state index contributed by atoms with van der Waals surface area (Å²) in [5.74, 6) is 0.697. The Hall–Kier alpha value is -0.340. The summed E-state index contributed by atoms with van der Waals surface area (Å²) in [6, 6.07) is 9.41. The van der Waals surface area contributed by atoms with Crippen LogP contribution in [0, 0.1) is 5.41 Å². The molecule has 0 aromatic heterocycles. The first-order valence-corrected chi connectivity index (χ1v) is 6.27. The Morgan fingerprint density at radius 2 is 1.87 bits per heavy atom. The first-order valence-electron chi connectivity index (χ1n) is 5.48. The van der Waals surface area contributed by atoms with Crippen LogP contribution in [0.25, 0.3) is 0 Å². The maximum Gasteiger partial charge on any atom is 0.0175 e. The fourth-order valence-corrected chi connectivity index (χ4v) is 2.94. The average Bonchev–Trinajstić information content (AvgIpc) is 2.20. The SMILES string of the molecule is CNC1CC(c2ccc(Br)cc2)C1(C)C. The monoisotopic (exact) mass is 267 g/mol. The molecule has 2 unspecified atom stereocenters. The van der Waals surface area contributed by atoms with E-state index in [4.69, 9.17) is 0 Å². The van der Waals surface area contributed by atoms with Gasteiger partial charge >= 0.3 is 0 Å². The standard InChI is InChI=1S/C13H18BrN/c1-13(2)11(8-12(13)15-3)9-4-6-10(14)7-5-9/h4-7,11-12,15H,8H2,1-3H3. The lowest BCUT2D eigenvalue weighted by molar-refractivity contribution is 0.0751. The van der Waals surface area contributed by atoms with Gasteiger partial charge in [0, 0.05) is 10.5 Å². The second-order valence-corrected chi connectivity index (χ2v) is 5.92. The highest BCUT2D eigenvalue weighted by Crippen LogP contribution is 2.52. The molecule has 0 saturated heterocycles. The molecule has 2 rings (SSSR count). The molecule has 2 heteroatoms. The van der Waals surface area contributed by atoms with Gasteiger partial charge in [0.25, 0.3) is 0 Å². The van der Waals surface area contributed by atoms with Gasteiger partial charge in [-0.2, -0.15) is 0 Å². The van der Waals surface area contributed by atoms with Gasteiger partial charge < -0.3 is 5.32 Å². The van der Waals surface area contributed by atoms with Crippen molar-refractivity contribution in [3.05, 3.63) is 34.3 Å². The Labute approximate surface area is 100 Å². The molecular formula is C13H18BrN. The van der Waals surface area contributed by atoms with Crippen molar-refractivity contribution in [3.63, 3.8) is 0 Å². The van der Waals surface area contributed by atoms with Gasteiger partial charge in [0.2, 0.25) is 0 Å². The van der Waals surface area contributed by atoms with Gasteiger partial charge in [-0.3, -0.25) is 0 Å². The third-order valence-corrected chi connectivity index (χ3v) is 4.42. The highest BCUT2D eigenvalue weighted by molar-refractivity contribution is 9.10. The van der Waals surface area contributed by atoms with Crippen LogP contribution in [0.1, 0.15) is 31.7 Å².